The Labute approximate surface area is 217 Å². The van der Waals surface area contributed by atoms with E-state index in [1.54, 1.807) is 0 Å². The summed E-state index contributed by atoms with van der Waals surface area (Å²) in [7, 11) is 0. The molecule has 2 saturated heterocycles. The molecule has 17 nitrogen and oxygen atoms in total. The predicted octanol–water partition coefficient (Wildman–Crippen LogP) is -3.96. The summed E-state index contributed by atoms with van der Waals surface area (Å²) in [5.74, 6) is -0.0857. The minimum absolute atomic E-state index is 0.0119. The molecule has 0 amide bonds. The highest BCUT2D eigenvalue weighted by molar-refractivity contribution is 8.06. The van der Waals surface area contributed by atoms with Gasteiger partial charge in [-0.15, -0.1) is 0 Å². The first-order valence-corrected chi connectivity index (χ1v) is 13.7. The Morgan fingerprint density at radius 1 is 1.37 bits per heavy atom. The molecule has 0 aliphatic carbocycles. The first kappa shape index (κ1) is 28.7. The summed E-state index contributed by atoms with van der Waals surface area (Å²) in [5, 5.41) is 43.5. The van der Waals surface area contributed by atoms with Crippen molar-refractivity contribution in [2.45, 2.75) is 61.9 Å². The average Bonchev–Trinajstić information content (AvgIpc) is 3.34. The fourth-order valence-corrected chi connectivity index (χ4v) is 5.51. The maximum absolute atomic E-state index is 13.0. The Hall–Kier alpha value is -2.35. The number of aromatic nitrogens is 4. The SMILES string of the molecule is Cc1cn([C@@]2([C@]3(O)C[C@H](n4ccc(N)nc4=O)O[C@@H]3CO)C[C@H](O)[C@@H](C(O)OP(O)(O)=S)O2)c(=O)[nH]c1=O. The largest absolute Gasteiger partial charge is 0.394 e. The van der Waals surface area contributed by atoms with Gasteiger partial charge in [0.1, 0.15) is 29.9 Å². The van der Waals surface area contributed by atoms with E-state index in [1.807, 2.05) is 4.98 Å². The normalized spacial score (nSPS) is 32.5. The summed E-state index contributed by atoms with van der Waals surface area (Å²) in [5.41, 5.74) is -2.01. The number of nitrogens with two attached hydrogens (primary N) is 1. The third-order valence-corrected chi connectivity index (χ3v) is 7.32. The number of hydrogen-bond donors (Lipinski definition) is 8. The topological polar surface area (TPSA) is 265 Å². The lowest BCUT2D eigenvalue weighted by Gasteiger charge is -2.45. The van der Waals surface area contributed by atoms with Crippen molar-refractivity contribution in [3.8, 4) is 0 Å². The fourth-order valence-electron chi connectivity index (χ4n) is 4.84. The van der Waals surface area contributed by atoms with Crippen LogP contribution in [0.15, 0.2) is 32.8 Å². The van der Waals surface area contributed by atoms with Gasteiger partial charge < -0.3 is 45.4 Å². The van der Waals surface area contributed by atoms with Crippen LogP contribution in [-0.4, -0.2) is 86.1 Å². The molecule has 19 heteroatoms. The molecule has 38 heavy (non-hydrogen) atoms. The van der Waals surface area contributed by atoms with Crippen LogP contribution in [0.5, 0.6) is 0 Å². The first-order valence-electron chi connectivity index (χ1n) is 11.1. The van der Waals surface area contributed by atoms with E-state index in [9.17, 15) is 44.6 Å². The number of aliphatic hydroxyl groups is 4. The van der Waals surface area contributed by atoms with Gasteiger partial charge in [0.15, 0.2) is 12.0 Å². The molecule has 2 aromatic heterocycles. The van der Waals surface area contributed by atoms with Gasteiger partial charge in [0.25, 0.3) is 5.56 Å². The van der Waals surface area contributed by atoms with E-state index in [0.717, 1.165) is 15.3 Å². The smallest absolute Gasteiger partial charge is 0.351 e. The Morgan fingerprint density at radius 3 is 2.66 bits per heavy atom. The van der Waals surface area contributed by atoms with E-state index >= 15 is 0 Å². The van der Waals surface area contributed by atoms with Gasteiger partial charge in [0.2, 0.25) is 0 Å². The van der Waals surface area contributed by atoms with E-state index in [-0.39, 0.29) is 11.4 Å². The average molecular weight is 579 g/mol. The van der Waals surface area contributed by atoms with E-state index in [0.29, 0.717) is 0 Å². The Bertz CT molecular complexity index is 1440. The van der Waals surface area contributed by atoms with Crippen LogP contribution in [0.1, 0.15) is 24.6 Å². The molecule has 0 radical (unpaired) electrons. The van der Waals surface area contributed by atoms with Crippen molar-refractivity contribution < 1.29 is 44.2 Å². The Morgan fingerprint density at radius 2 is 2.05 bits per heavy atom. The molecular formula is C19H26N5O12PS. The first-order chi connectivity index (χ1) is 17.6. The summed E-state index contributed by atoms with van der Waals surface area (Å²) >= 11 is 4.35. The van der Waals surface area contributed by atoms with Crippen LogP contribution >= 0.6 is 6.72 Å². The molecule has 0 aromatic carbocycles. The number of hydrogen-bond acceptors (Lipinski definition) is 13. The number of H-pyrrole nitrogens is 1. The van der Waals surface area contributed by atoms with Crippen molar-refractivity contribution in [3.63, 3.8) is 0 Å². The molecule has 2 aliphatic heterocycles. The van der Waals surface area contributed by atoms with E-state index < -0.39 is 85.3 Å². The molecule has 7 atom stereocenters. The maximum atomic E-state index is 13.0. The molecule has 0 spiro atoms. The molecule has 2 aromatic rings. The van der Waals surface area contributed by atoms with Gasteiger partial charge >= 0.3 is 18.1 Å². The van der Waals surface area contributed by atoms with E-state index in [2.05, 4.69) is 21.3 Å². The molecule has 2 fully saturated rings. The van der Waals surface area contributed by atoms with Gasteiger partial charge in [-0.1, -0.05) is 0 Å². The number of aliphatic hydroxyl groups excluding tert-OH is 3. The number of nitrogen functional groups attached to an aromatic ring is 1. The standard InChI is InChI=1S/C19H26N5O12PS/c1-8-6-24(17(30)22-14(8)27)19(4-9(26)13(35-19)15(28)36-37(32,33)38)18(31)5-12(34-10(18)7-25)23-3-2-11(20)21-16(23)29/h2-3,6,9-10,12-13,15,25-26,28,31H,4-5,7H2,1H3,(H2,20,21,29)(H,22,27,30)(H2,32,33,38)/t9-,10+,12+,13-,15?,18-,19-/m0/s1. The molecule has 2 aliphatic rings. The minimum atomic E-state index is -4.46. The van der Waals surface area contributed by atoms with E-state index in [1.165, 1.54) is 19.2 Å². The van der Waals surface area contributed by atoms with Crippen molar-refractivity contribution in [2.75, 3.05) is 12.3 Å². The monoisotopic (exact) mass is 579 g/mol. The van der Waals surface area contributed by atoms with Gasteiger partial charge in [0, 0.05) is 30.8 Å². The van der Waals surface area contributed by atoms with Crippen LogP contribution < -0.4 is 22.7 Å². The van der Waals surface area contributed by atoms with Gasteiger partial charge in [0.05, 0.1) is 12.7 Å². The second kappa shape index (κ2) is 10.00. The van der Waals surface area contributed by atoms with Crippen LogP contribution in [0, 0.1) is 6.92 Å². The number of rotatable bonds is 7. The van der Waals surface area contributed by atoms with Gasteiger partial charge in [-0.25, -0.2) is 9.59 Å². The molecule has 1 unspecified atom stereocenters. The number of aryl methyl sites for hydroxylation is 1. The highest BCUT2D eigenvalue weighted by Gasteiger charge is 2.68. The third-order valence-electron chi connectivity index (χ3n) is 6.58. The van der Waals surface area contributed by atoms with Gasteiger partial charge in [-0.05, 0) is 24.8 Å². The quantitative estimate of drug-likeness (QED) is 0.115. The highest BCUT2D eigenvalue weighted by atomic mass is 32.5. The summed E-state index contributed by atoms with van der Waals surface area (Å²) in [4.78, 5) is 62.1. The highest BCUT2D eigenvalue weighted by Crippen LogP contribution is 2.53. The third kappa shape index (κ3) is 4.89. The lowest BCUT2D eigenvalue weighted by Crippen LogP contribution is -2.64. The van der Waals surface area contributed by atoms with E-state index in [4.69, 9.17) is 15.2 Å². The molecule has 4 rings (SSSR count). The maximum Gasteiger partial charge on any atom is 0.351 e. The van der Waals surface area contributed by atoms with Crippen LogP contribution in [0.25, 0.3) is 0 Å². The summed E-state index contributed by atoms with van der Waals surface area (Å²) in [6, 6.07) is 1.29. The van der Waals surface area contributed by atoms with Crippen LogP contribution in [-0.2, 0) is 31.5 Å². The molecule has 9 N–H and O–H groups in total. The fraction of sp³-hybridized carbons (Fsp3) is 0.579. The summed E-state index contributed by atoms with van der Waals surface area (Å²) in [6.45, 7) is -3.99. The molecular weight excluding hydrogens is 553 g/mol. The van der Waals surface area contributed by atoms with Crippen molar-refractivity contribution in [1.82, 2.24) is 19.1 Å². The van der Waals surface area contributed by atoms with Gasteiger partial charge in [-0.2, -0.15) is 4.98 Å². The minimum Gasteiger partial charge on any atom is -0.394 e. The van der Waals surface area contributed by atoms with Gasteiger partial charge in [-0.3, -0.25) is 23.4 Å². The number of anilines is 1. The van der Waals surface area contributed by atoms with Crippen molar-refractivity contribution >= 4 is 24.3 Å². The molecule has 0 bridgehead atoms. The second-order valence-corrected chi connectivity index (χ2v) is 11.6. The van der Waals surface area contributed by atoms with Crippen molar-refractivity contribution in [3.05, 3.63) is 55.3 Å². The molecule has 4 heterocycles. The zero-order chi connectivity index (χ0) is 28.2. The Balaban J connectivity index is 1.88. The second-order valence-electron chi connectivity index (χ2n) is 9.00. The number of nitrogens with zero attached hydrogens (tertiary/aromatic N) is 3. The predicted molar refractivity (Wildman–Crippen MR) is 129 cm³/mol. The van der Waals surface area contributed by atoms with Crippen LogP contribution in [0.4, 0.5) is 5.82 Å². The summed E-state index contributed by atoms with van der Waals surface area (Å²) in [6.07, 6.45) is -7.58. The lowest BCUT2D eigenvalue weighted by molar-refractivity contribution is -0.268. The number of aromatic amines is 1. The zero-order valence-corrected chi connectivity index (χ0v) is 21.4. The molecule has 0 saturated carbocycles. The Kier molecular flexibility index (Phi) is 7.54. The van der Waals surface area contributed by atoms with Crippen LogP contribution in [0.3, 0.4) is 0 Å². The van der Waals surface area contributed by atoms with Crippen LogP contribution in [0.2, 0.25) is 0 Å². The lowest BCUT2D eigenvalue weighted by atomic mass is 9.80. The zero-order valence-electron chi connectivity index (χ0n) is 19.6. The number of nitrogens with one attached hydrogen (secondary N) is 1. The number of ether oxygens (including phenoxy) is 2. The van der Waals surface area contributed by atoms with Crippen molar-refractivity contribution in [2.24, 2.45) is 0 Å². The summed E-state index contributed by atoms with van der Waals surface area (Å²) < 4.78 is 18.0. The van der Waals surface area contributed by atoms with Crippen molar-refractivity contribution in [1.29, 1.82) is 0 Å². The molecule has 210 valence electrons.